The predicted octanol–water partition coefficient (Wildman–Crippen LogP) is 2.11. The fourth-order valence-electron chi connectivity index (χ4n) is 4.25. The lowest BCUT2D eigenvalue weighted by Crippen LogP contribution is -2.42. The third-order valence-corrected chi connectivity index (χ3v) is 5.33. The molecule has 5 nitrogen and oxygen atoms in total. The van der Waals surface area contributed by atoms with Crippen LogP contribution in [-0.4, -0.2) is 24.5 Å². The van der Waals surface area contributed by atoms with E-state index in [0.717, 1.165) is 11.8 Å². The van der Waals surface area contributed by atoms with Crippen LogP contribution in [0.5, 0.6) is 5.75 Å². The van der Waals surface area contributed by atoms with Crippen LogP contribution >= 0.6 is 0 Å². The topological polar surface area (TPSA) is 81.4 Å². The highest BCUT2D eigenvalue weighted by molar-refractivity contribution is 5.95. The third-order valence-electron chi connectivity index (χ3n) is 5.33. The van der Waals surface area contributed by atoms with Gasteiger partial charge >= 0.3 is 0 Å². The SMILES string of the molecule is CC(NC(=O)COc1ccccc1C(N)=O)C1CC2CCC1C2. The van der Waals surface area contributed by atoms with E-state index in [1.165, 1.54) is 25.7 Å². The molecule has 0 radical (unpaired) electrons. The minimum atomic E-state index is -0.559. The molecule has 3 N–H and O–H groups in total. The van der Waals surface area contributed by atoms with E-state index >= 15 is 0 Å². The lowest BCUT2D eigenvalue weighted by molar-refractivity contribution is -0.124. The molecule has 2 fully saturated rings. The first kappa shape index (κ1) is 15.8. The van der Waals surface area contributed by atoms with E-state index in [1.54, 1.807) is 24.3 Å². The number of rotatable bonds is 6. The number of carbonyl (C=O) groups is 2. The highest BCUT2D eigenvalue weighted by Gasteiger charge is 2.42. The van der Waals surface area contributed by atoms with Crippen molar-refractivity contribution in [3.63, 3.8) is 0 Å². The monoisotopic (exact) mass is 316 g/mol. The van der Waals surface area contributed by atoms with Gasteiger partial charge in [-0.1, -0.05) is 18.6 Å². The molecule has 0 aliphatic heterocycles. The number of hydrogen-bond donors (Lipinski definition) is 2. The molecular formula is C18H24N2O3. The lowest BCUT2D eigenvalue weighted by atomic mass is 9.84. The van der Waals surface area contributed by atoms with Gasteiger partial charge in [0.05, 0.1) is 5.56 Å². The zero-order chi connectivity index (χ0) is 16.4. The van der Waals surface area contributed by atoms with Gasteiger partial charge in [-0.3, -0.25) is 9.59 Å². The molecule has 0 heterocycles. The van der Waals surface area contributed by atoms with Crippen molar-refractivity contribution in [1.82, 2.24) is 5.32 Å². The van der Waals surface area contributed by atoms with Crippen molar-refractivity contribution in [3.05, 3.63) is 29.8 Å². The Kier molecular flexibility index (Phi) is 4.55. The Labute approximate surface area is 136 Å². The third kappa shape index (κ3) is 3.49. The van der Waals surface area contributed by atoms with Gasteiger partial charge in [0, 0.05) is 6.04 Å². The predicted molar refractivity (Wildman–Crippen MR) is 87.0 cm³/mol. The Morgan fingerprint density at radius 2 is 2.09 bits per heavy atom. The number of nitrogens with one attached hydrogen (secondary N) is 1. The number of hydrogen-bond acceptors (Lipinski definition) is 3. The molecule has 2 aliphatic rings. The maximum Gasteiger partial charge on any atom is 0.258 e. The zero-order valence-corrected chi connectivity index (χ0v) is 13.5. The molecule has 0 saturated heterocycles. The summed E-state index contributed by atoms with van der Waals surface area (Å²) in [5.41, 5.74) is 5.59. The van der Waals surface area contributed by atoms with Gasteiger partial charge in [-0.25, -0.2) is 0 Å². The number of ether oxygens (including phenoxy) is 1. The summed E-state index contributed by atoms with van der Waals surface area (Å²) in [6.45, 7) is 1.98. The summed E-state index contributed by atoms with van der Waals surface area (Å²) >= 11 is 0. The van der Waals surface area contributed by atoms with Crippen LogP contribution in [0.15, 0.2) is 24.3 Å². The average molecular weight is 316 g/mol. The number of benzene rings is 1. The standard InChI is InChI=1S/C18H24N2O3/c1-11(15-9-12-6-7-13(15)8-12)20-17(21)10-23-16-5-3-2-4-14(16)18(19)22/h2-5,11-13,15H,6-10H2,1H3,(H2,19,22)(H,20,21). The largest absolute Gasteiger partial charge is 0.483 e. The Morgan fingerprint density at radius 3 is 2.74 bits per heavy atom. The van der Waals surface area contributed by atoms with Gasteiger partial charge in [-0.05, 0) is 56.1 Å². The van der Waals surface area contributed by atoms with Crippen molar-refractivity contribution in [2.75, 3.05) is 6.61 Å². The molecule has 23 heavy (non-hydrogen) atoms. The van der Waals surface area contributed by atoms with Gasteiger partial charge in [0.15, 0.2) is 6.61 Å². The van der Waals surface area contributed by atoms with Gasteiger partial charge in [-0.15, -0.1) is 0 Å². The molecular weight excluding hydrogens is 292 g/mol. The molecule has 4 unspecified atom stereocenters. The van der Waals surface area contributed by atoms with E-state index in [1.807, 2.05) is 0 Å². The van der Waals surface area contributed by atoms with Crippen LogP contribution < -0.4 is 15.8 Å². The molecule has 4 atom stereocenters. The molecule has 0 spiro atoms. The highest BCUT2D eigenvalue weighted by atomic mass is 16.5. The maximum absolute atomic E-state index is 12.1. The fourth-order valence-corrected chi connectivity index (χ4v) is 4.25. The molecule has 124 valence electrons. The summed E-state index contributed by atoms with van der Waals surface area (Å²) in [5, 5.41) is 3.05. The fraction of sp³-hybridized carbons (Fsp3) is 0.556. The molecule has 2 amide bonds. The van der Waals surface area contributed by atoms with Gasteiger partial charge in [0.1, 0.15) is 5.75 Å². The summed E-state index contributed by atoms with van der Waals surface area (Å²) in [6, 6.07) is 6.87. The quantitative estimate of drug-likeness (QED) is 0.843. The Bertz CT molecular complexity index is 602. The minimum absolute atomic E-state index is 0.102. The lowest BCUT2D eigenvalue weighted by Gasteiger charge is -2.28. The van der Waals surface area contributed by atoms with Crippen molar-refractivity contribution in [3.8, 4) is 5.75 Å². The van der Waals surface area contributed by atoms with Gasteiger partial charge < -0.3 is 15.8 Å². The van der Waals surface area contributed by atoms with Crippen molar-refractivity contribution in [2.45, 2.75) is 38.6 Å². The first-order chi connectivity index (χ1) is 11.0. The second-order valence-electron chi connectivity index (χ2n) is 6.84. The Hall–Kier alpha value is -2.04. The van der Waals surface area contributed by atoms with E-state index in [0.29, 0.717) is 17.2 Å². The Morgan fingerprint density at radius 1 is 1.30 bits per heavy atom. The zero-order valence-electron chi connectivity index (χ0n) is 13.5. The summed E-state index contributed by atoms with van der Waals surface area (Å²) < 4.78 is 5.47. The van der Waals surface area contributed by atoms with Gasteiger partial charge in [-0.2, -0.15) is 0 Å². The molecule has 1 aromatic carbocycles. The normalized spacial score (nSPS) is 26.7. The van der Waals surface area contributed by atoms with Crippen LogP contribution in [0.1, 0.15) is 43.0 Å². The number of para-hydroxylation sites is 1. The number of amides is 2. The second kappa shape index (κ2) is 6.60. The van der Waals surface area contributed by atoms with Crippen LogP contribution in [0.3, 0.4) is 0 Å². The first-order valence-electron chi connectivity index (χ1n) is 8.35. The van der Waals surface area contributed by atoms with Crippen LogP contribution in [0.2, 0.25) is 0 Å². The molecule has 2 saturated carbocycles. The van der Waals surface area contributed by atoms with E-state index < -0.39 is 5.91 Å². The molecule has 0 aromatic heterocycles. The van der Waals surface area contributed by atoms with E-state index in [9.17, 15) is 9.59 Å². The van der Waals surface area contributed by atoms with Crippen LogP contribution in [0, 0.1) is 17.8 Å². The van der Waals surface area contributed by atoms with Crippen LogP contribution in [0.4, 0.5) is 0 Å². The van der Waals surface area contributed by atoms with Crippen molar-refractivity contribution >= 4 is 11.8 Å². The minimum Gasteiger partial charge on any atom is -0.483 e. The summed E-state index contributed by atoms with van der Waals surface area (Å²) in [5.74, 6) is 1.86. The number of primary amides is 1. The summed E-state index contributed by atoms with van der Waals surface area (Å²) in [6.07, 6.45) is 5.22. The van der Waals surface area contributed by atoms with Crippen LogP contribution in [0.25, 0.3) is 0 Å². The molecule has 3 rings (SSSR count). The molecule has 2 bridgehead atoms. The summed E-state index contributed by atoms with van der Waals surface area (Å²) in [7, 11) is 0. The number of carbonyl (C=O) groups excluding carboxylic acids is 2. The van der Waals surface area contributed by atoms with Crippen molar-refractivity contribution in [1.29, 1.82) is 0 Å². The molecule has 5 heteroatoms. The second-order valence-corrected chi connectivity index (χ2v) is 6.84. The van der Waals surface area contributed by atoms with E-state index in [2.05, 4.69) is 12.2 Å². The smallest absolute Gasteiger partial charge is 0.258 e. The first-order valence-corrected chi connectivity index (χ1v) is 8.35. The van der Waals surface area contributed by atoms with E-state index in [-0.39, 0.29) is 18.6 Å². The van der Waals surface area contributed by atoms with Crippen molar-refractivity contribution in [2.24, 2.45) is 23.5 Å². The highest BCUT2D eigenvalue weighted by Crippen LogP contribution is 2.49. The maximum atomic E-state index is 12.1. The summed E-state index contributed by atoms with van der Waals surface area (Å²) in [4.78, 5) is 23.5. The average Bonchev–Trinajstić information content (AvgIpc) is 3.16. The van der Waals surface area contributed by atoms with E-state index in [4.69, 9.17) is 10.5 Å². The van der Waals surface area contributed by atoms with Crippen LogP contribution in [-0.2, 0) is 4.79 Å². The number of nitrogens with two attached hydrogens (primary N) is 1. The molecule has 1 aromatic rings. The Balaban J connectivity index is 1.51. The van der Waals surface area contributed by atoms with Gasteiger partial charge in [0.25, 0.3) is 11.8 Å². The number of fused-ring (bicyclic) bond motifs is 2. The van der Waals surface area contributed by atoms with Gasteiger partial charge in [0.2, 0.25) is 0 Å². The van der Waals surface area contributed by atoms with Crippen molar-refractivity contribution < 1.29 is 14.3 Å². The molecule has 2 aliphatic carbocycles.